The summed E-state index contributed by atoms with van der Waals surface area (Å²) in [7, 11) is 0. The molecule has 0 saturated carbocycles. The lowest BCUT2D eigenvalue weighted by Crippen LogP contribution is -2.44. The minimum atomic E-state index is -1.28. The average Bonchev–Trinajstić information content (AvgIpc) is 3.47. The number of aromatic nitrogens is 2. The van der Waals surface area contributed by atoms with Gasteiger partial charge >= 0.3 is 23.8 Å². The monoisotopic (exact) mass is 701 g/mol. The predicted octanol–water partition coefficient (Wildman–Crippen LogP) is 5.03. The van der Waals surface area contributed by atoms with Crippen LogP contribution in [0.15, 0.2) is 126 Å². The Bertz CT molecular complexity index is 2040. The van der Waals surface area contributed by atoms with Crippen molar-refractivity contribution < 1.29 is 33.8 Å². The Kier molecular flexibility index (Phi) is 11.0. The number of benzene rings is 4. The maximum Gasteiger partial charge on any atom is 0.413 e. The van der Waals surface area contributed by atoms with Crippen LogP contribution in [0.3, 0.4) is 0 Å². The van der Waals surface area contributed by atoms with Crippen molar-refractivity contribution in [3.63, 3.8) is 0 Å². The van der Waals surface area contributed by atoms with Crippen molar-refractivity contribution in [3.8, 4) is 11.1 Å². The van der Waals surface area contributed by atoms with Crippen molar-refractivity contribution in [2.24, 2.45) is 0 Å². The molecule has 1 aromatic heterocycles. The highest BCUT2D eigenvalue weighted by molar-refractivity contribution is 5.84. The molecule has 0 atom stereocenters. The number of carboxylic acids is 1. The molecule has 1 aliphatic carbocycles. The molecule has 4 aromatic carbocycles. The first-order valence-corrected chi connectivity index (χ1v) is 16.5. The molecule has 264 valence electrons. The molecule has 0 radical (unpaired) electrons. The SMILES string of the molecule is O=C(O)CN(CCNC(=O)OCC1c2ccccc2-c2ccccc21)C(=O)Cn1ccc(NC(=O)OC(c2ccccc2)c2ccccc2)nc1=O. The number of fused-ring (bicyclic) bond motifs is 3. The fraction of sp³-hybridized carbons (Fsp3) is 0.179. The fourth-order valence-corrected chi connectivity index (χ4v) is 6.09. The van der Waals surface area contributed by atoms with Crippen molar-refractivity contribution >= 4 is 29.9 Å². The molecule has 1 heterocycles. The molecule has 0 saturated heterocycles. The van der Waals surface area contributed by atoms with E-state index in [9.17, 15) is 29.1 Å². The molecular formula is C39H35N5O8. The maximum atomic E-state index is 13.1. The smallest absolute Gasteiger partial charge is 0.413 e. The van der Waals surface area contributed by atoms with E-state index in [-0.39, 0.29) is 31.4 Å². The minimum absolute atomic E-state index is 0.0940. The van der Waals surface area contributed by atoms with E-state index >= 15 is 0 Å². The number of anilines is 1. The molecule has 3 N–H and O–H groups in total. The second kappa shape index (κ2) is 16.3. The molecule has 13 nitrogen and oxygen atoms in total. The van der Waals surface area contributed by atoms with Gasteiger partial charge in [-0.1, -0.05) is 109 Å². The number of ether oxygens (including phenoxy) is 2. The van der Waals surface area contributed by atoms with Gasteiger partial charge in [-0.2, -0.15) is 4.98 Å². The van der Waals surface area contributed by atoms with Gasteiger partial charge in [0.2, 0.25) is 5.91 Å². The van der Waals surface area contributed by atoms with Crippen molar-refractivity contribution in [2.75, 3.05) is 31.6 Å². The van der Waals surface area contributed by atoms with Crippen LogP contribution >= 0.6 is 0 Å². The summed E-state index contributed by atoms with van der Waals surface area (Å²) in [6.45, 7) is -1.35. The van der Waals surface area contributed by atoms with Crippen molar-refractivity contribution in [1.29, 1.82) is 0 Å². The molecule has 1 aliphatic rings. The number of aliphatic carboxylic acids is 1. The molecule has 0 spiro atoms. The van der Waals surface area contributed by atoms with Gasteiger partial charge in [-0.15, -0.1) is 0 Å². The Balaban J connectivity index is 1.01. The first-order valence-electron chi connectivity index (χ1n) is 16.5. The molecule has 0 unspecified atom stereocenters. The zero-order chi connectivity index (χ0) is 36.5. The number of nitrogens with one attached hydrogen (secondary N) is 2. The van der Waals surface area contributed by atoms with E-state index in [1.807, 2.05) is 109 Å². The van der Waals surface area contributed by atoms with Crippen molar-refractivity contribution in [1.82, 2.24) is 19.8 Å². The molecule has 52 heavy (non-hydrogen) atoms. The number of rotatable bonds is 13. The number of hydrogen-bond donors (Lipinski definition) is 3. The topological polar surface area (TPSA) is 169 Å². The number of carboxylic acid groups (broad SMARTS) is 1. The number of alkyl carbamates (subject to hydrolysis) is 1. The summed E-state index contributed by atoms with van der Waals surface area (Å²) in [4.78, 5) is 67.7. The van der Waals surface area contributed by atoms with Crippen LogP contribution in [0.2, 0.25) is 0 Å². The summed E-state index contributed by atoms with van der Waals surface area (Å²) >= 11 is 0. The summed E-state index contributed by atoms with van der Waals surface area (Å²) < 4.78 is 12.2. The fourth-order valence-electron chi connectivity index (χ4n) is 6.09. The van der Waals surface area contributed by atoms with Gasteiger partial charge in [0.05, 0.1) is 0 Å². The van der Waals surface area contributed by atoms with E-state index in [1.54, 1.807) is 0 Å². The predicted molar refractivity (Wildman–Crippen MR) is 191 cm³/mol. The van der Waals surface area contributed by atoms with Crippen molar-refractivity contribution in [3.05, 3.63) is 154 Å². The number of nitrogens with zero attached hydrogens (tertiary/aromatic N) is 3. The summed E-state index contributed by atoms with van der Waals surface area (Å²) in [5.41, 5.74) is 4.92. The second-order valence-corrected chi connectivity index (χ2v) is 11.9. The van der Waals surface area contributed by atoms with E-state index in [2.05, 4.69) is 15.6 Å². The molecule has 0 bridgehead atoms. The van der Waals surface area contributed by atoms with E-state index < -0.39 is 48.9 Å². The molecule has 5 aromatic rings. The zero-order valence-electron chi connectivity index (χ0n) is 27.9. The highest BCUT2D eigenvalue weighted by Gasteiger charge is 2.29. The van der Waals surface area contributed by atoms with Crippen molar-refractivity contribution in [2.45, 2.75) is 18.6 Å². The lowest BCUT2D eigenvalue weighted by molar-refractivity contribution is -0.144. The Labute approximate surface area is 298 Å². The molecule has 6 rings (SSSR count). The second-order valence-electron chi connectivity index (χ2n) is 11.9. The van der Waals surface area contributed by atoms with Crippen LogP contribution < -0.4 is 16.3 Å². The lowest BCUT2D eigenvalue weighted by atomic mass is 9.98. The summed E-state index contributed by atoms with van der Waals surface area (Å²) in [5.74, 6) is -2.22. The number of amides is 3. The number of carbonyl (C=O) groups excluding carboxylic acids is 3. The normalized spacial score (nSPS) is 11.6. The van der Waals surface area contributed by atoms with Crippen LogP contribution in [-0.2, 0) is 25.6 Å². The first kappa shape index (κ1) is 35.1. The molecule has 0 fully saturated rings. The van der Waals surface area contributed by atoms with Gasteiger partial charge in [-0.05, 0) is 39.4 Å². The molecule has 3 amide bonds. The third kappa shape index (κ3) is 8.51. The van der Waals surface area contributed by atoms with Crippen LogP contribution in [0, 0.1) is 0 Å². The Morgan fingerprint density at radius 3 is 1.94 bits per heavy atom. The van der Waals surface area contributed by atoms with Gasteiger partial charge < -0.3 is 24.8 Å². The van der Waals surface area contributed by atoms with Crippen LogP contribution in [0.4, 0.5) is 15.4 Å². The van der Waals surface area contributed by atoms with Crippen LogP contribution in [0.5, 0.6) is 0 Å². The van der Waals surface area contributed by atoms with Gasteiger partial charge in [0.25, 0.3) is 0 Å². The number of hydrogen-bond acceptors (Lipinski definition) is 8. The highest BCUT2D eigenvalue weighted by atomic mass is 16.6. The highest BCUT2D eigenvalue weighted by Crippen LogP contribution is 2.44. The van der Waals surface area contributed by atoms with E-state index in [4.69, 9.17) is 9.47 Å². The standard InChI is InChI=1S/C39H35N5O8/c45-34(23-44-21-19-33(41-37(44)48)42-39(50)52-36(26-11-3-1-4-12-26)27-13-5-2-6-14-27)43(24-35(46)47)22-20-40-38(49)51-25-32-30-17-9-7-15-28(30)29-16-8-10-18-31(29)32/h1-19,21,32,36H,20,22-25H2,(H,40,49)(H,46,47)(H,41,42,48,50). The Morgan fingerprint density at radius 1 is 0.788 bits per heavy atom. The lowest BCUT2D eigenvalue weighted by Gasteiger charge is -2.21. The van der Waals surface area contributed by atoms with Gasteiger partial charge in [0, 0.05) is 25.2 Å². The van der Waals surface area contributed by atoms with Crippen LogP contribution in [0.25, 0.3) is 11.1 Å². The maximum absolute atomic E-state index is 13.1. The number of carbonyl (C=O) groups is 4. The summed E-state index contributed by atoms with van der Waals surface area (Å²) in [6.07, 6.45) is -1.04. The third-order valence-electron chi connectivity index (χ3n) is 8.51. The molecule has 13 heteroatoms. The third-order valence-corrected chi connectivity index (χ3v) is 8.51. The first-order chi connectivity index (χ1) is 25.3. The minimum Gasteiger partial charge on any atom is -0.480 e. The summed E-state index contributed by atoms with van der Waals surface area (Å²) in [5, 5.41) is 14.4. The largest absolute Gasteiger partial charge is 0.480 e. The quantitative estimate of drug-likeness (QED) is 0.152. The Hall–Kier alpha value is -6.76. The van der Waals surface area contributed by atoms with Gasteiger partial charge in [0.1, 0.15) is 25.5 Å². The van der Waals surface area contributed by atoms with Gasteiger partial charge in [-0.3, -0.25) is 19.5 Å². The van der Waals surface area contributed by atoms with Gasteiger partial charge in [0.15, 0.2) is 6.10 Å². The summed E-state index contributed by atoms with van der Waals surface area (Å²) in [6, 6.07) is 35.5. The zero-order valence-corrected chi connectivity index (χ0v) is 27.9. The van der Waals surface area contributed by atoms with E-state index in [0.29, 0.717) is 0 Å². The van der Waals surface area contributed by atoms with Crippen LogP contribution in [-0.4, -0.2) is 69.9 Å². The van der Waals surface area contributed by atoms with E-state index in [0.717, 1.165) is 42.8 Å². The van der Waals surface area contributed by atoms with Crippen LogP contribution in [0.1, 0.15) is 34.3 Å². The van der Waals surface area contributed by atoms with E-state index in [1.165, 1.54) is 12.3 Å². The molecule has 0 aliphatic heterocycles. The molecular weight excluding hydrogens is 666 g/mol. The average molecular weight is 702 g/mol. The Morgan fingerprint density at radius 2 is 1.37 bits per heavy atom. The van der Waals surface area contributed by atoms with Gasteiger partial charge in [-0.25, -0.2) is 14.4 Å².